The highest BCUT2D eigenvalue weighted by Crippen LogP contribution is 2.20. The Bertz CT molecular complexity index is 327. The predicted octanol–water partition coefficient (Wildman–Crippen LogP) is 2.37. The van der Waals surface area contributed by atoms with E-state index in [1.54, 1.807) is 0 Å². The lowest BCUT2D eigenvalue weighted by Gasteiger charge is -2.29. The van der Waals surface area contributed by atoms with Crippen molar-refractivity contribution in [2.24, 2.45) is 0 Å². The first-order valence-electron chi connectivity index (χ1n) is 5.54. The molecule has 82 valence electrons. The Hall–Kier alpha value is -1.09. The Labute approximate surface area is 90.9 Å². The molecule has 0 aromatic carbocycles. The first kappa shape index (κ1) is 10.4. The van der Waals surface area contributed by atoms with Crippen molar-refractivity contribution in [1.82, 2.24) is 4.98 Å². The van der Waals surface area contributed by atoms with Gasteiger partial charge in [0.1, 0.15) is 0 Å². The first-order valence-corrected chi connectivity index (χ1v) is 5.54. The van der Waals surface area contributed by atoms with Gasteiger partial charge in [-0.1, -0.05) is 0 Å². The first-order chi connectivity index (χ1) is 7.25. The summed E-state index contributed by atoms with van der Waals surface area (Å²) in [5.74, 6) is 0. The van der Waals surface area contributed by atoms with Crippen LogP contribution in [0.1, 0.15) is 25.3 Å². The van der Waals surface area contributed by atoms with Crippen LogP contribution < -0.4 is 5.32 Å². The number of pyridine rings is 1. The second-order valence-corrected chi connectivity index (χ2v) is 4.24. The summed E-state index contributed by atoms with van der Waals surface area (Å²) in [6.07, 6.45) is 6.25. The normalized spacial score (nSPS) is 26.3. The van der Waals surface area contributed by atoms with Crippen LogP contribution in [0.3, 0.4) is 0 Å². The minimum Gasteiger partial charge on any atom is -0.381 e. The zero-order valence-corrected chi connectivity index (χ0v) is 9.36. The number of aromatic nitrogens is 1. The fourth-order valence-corrected chi connectivity index (χ4v) is 1.96. The Morgan fingerprint density at radius 2 is 2.40 bits per heavy atom. The molecule has 0 bridgehead atoms. The number of hydrogen-bond donors (Lipinski definition) is 1. The van der Waals surface area contributed by atoms with Crippen molar-refractivity contribution in [3.63, 3.8) is 0 Å². The number of nitrogens with one attached hydrogen (secondary N) is 1. The smallest absolute Gasteiger partial charge is 0.0566 e. The van der Waals surface area contributed by atoms with Gasteiger partial charge in [0.15, 0.2) is 0 Å². The van der Waals surface area contributed by atoms with Crippen LogP contribution in [0.25, 0.3) is 0 Å². The molecule has 15 heavy (non-hydrogen) atoms. The minimum absolute atomic E-state index is 0.369. The molecule has 1 aliphatic heterocycles. The fourth-order valence-electron chi connectivity index (χ4n) is 1.96. The van der Waals surface area contributed by atoms with E-state index in [1.807, 2.05) is 18.5 Å². The zero-order valence-electron chi connectivity index (χ0n) is 9.36. The quantitative estimate of drug-likeness (QED) is 0.806. The Kier molecular flexibility index (Phi) is 3.21. The fraction of sp³-hybridized carbons (Fsp3) is 0.583. The third-order valence-electron chi connectivity index (χ3n) is 2.88. The van der Waals surface area contributed by atoms with Crippen molar-refractivity contribution < 1.29 is 4.74 Å². The van der Waals surface area contributed by atoms with Crippen LogP contribution in [0, 0.1) is 6.92 Å². The average Bonchev–Trinajstić information content (AvgIpc) is 2.22. The molecule has 3 nitrogen and oxygen atoms in total. The monoisotopic (exact) mass is 206 g/mol. The molecule has 0 amide bonds. The lowest BCUT2D eigenvalue weighted by molar-refractivity contribution is 0.0232. The van der Waals surface area contributed by atoms with Gasteiger partial charge in [-0.2, -0.15) is 0 Å². The lowest BCUT2D eigenvalue weighted by atomic mass is 10.0. The summed E-state index contributed by atoms with van der Waals surface area (Å²) in [5.41, 5.74) is 2.40. The van der Waals surface area contributed by atoms with Crippen molar-refractivity contribution in [1.29, 1.82) is 0 Å². The molecular formula is C12H18N2O. The van der Waals surface area contributed by atoms with Crippen molar-refractivity contribution in [3.8, 4) is 0 Å². The SMILES string of the molecule is Cc1ccncc1NC1CCOC(C)C1. The molecular weight excluding hydrogens is 188 g/mol. The summed E-state index contributed by atoms with van der Waals surface area (Å²) in [4.78, 5) is 4.14. The van der Waals surface area contributed by atoms with Crippen molar-refractivity contribution in [2.75, 3.05) is 11.9 Å². The van der Waals surface area contributed by atoms with Crippen LogP contribution in [-0.2, 0) is 4.74 Å². The van der Waals surface area contributed by atoms with Crippen LogP contribution in [0.15, 0.2) is 18.5 Å². The van der Waals surface area contributed by atoms with E-state index in [-0.39, 0.29) is 0 Å². The molecule has 0 saturated carbocycles. The van der Waals surface area contributed by atoms with E-state index < -0.39 is 0 Å². The molecule has 1 aromatic heterocycles. The molecule has 0 aliphatic carbocycles. The number of ether oxygens (including phenoxy) is 1. The van der Waals surface area contributed by atoms with E-state index in [2.05, 4.69) is 24.1 Å². The van der Waals surface area contributed by atoms with Gasteiger partial charge in [-0.25, -0.2) is 0 Å². The topological polar surface area (TPSA) is 34.2 Å². The van der Waals surface area contributed by atoms with Gasteiger partial charge >= 0.3 is 0 Å². The maximum absolute atomic E-state index is 5.52. The zero-order chi connectivity index (χ0) is 10.7. The minimum atomic E-state index is 0.369. The summed E-state index contributed by atoms with van der Waals surface area (Å²) in [6.45, 7) is 5.09. The van der Waals surface area contributed by atoms with Crippen LogP contribution in [-0.4, -0.2) is 23.7 Å². The summed E-state index contributed by atoms with van der Waals surface area (Å²) < 4.78 is 5.52. The molecule has 1 saturated heterocycles. The molecule has 3 heteroatoms. The number of rotatable bonds is 2. The standard InChI is InChI=1S/C12H18N2O/c1-9-3-5-13-8-12(9)14-11-4-6-15-10(2)7-11/h3,5,8,10-11,14H,4,6-7H2,1-2H3. The van der Waals surface area contributed by atoms with Crippen LogP contribution in [0.2, 0.25) is 0 Å². The van der Waals surface area contributed by atoms with Gasteiger partial charge in [0.05, 0.1) is 18.0 Å². The van der Waals surface area contributed by atoms with Gasteiger partial charge in [-0.15, -0.1) is 0 Å². The highest BCUT2D eigenvalue weighted by molar-refractivity contribution is 5.48. The highest BCUT2D eigenvalue weighted by atomic mass is 16.5. The van der Waals surface area contributed by atoms with Gasteiger partial charge in [0.25, 0.3) is 0 Å². The molecule has 1 fully saturated rings. The Balaban J connectivity index is 1.99. The van der Waals surface area contributed by atoms with E-state index >= 15 is 0 Å². The van der Waals surface area contributed by atoms with E-state index in [9.17, 15) is 0 Å². The van der Waals surface area contributed by atoms with E-state index in [0.29, 0.717) is 12.1 Å². The van der Waals surface area contributed by atoms with Gasteiger partial charge in [0, 0.05) is 18.8 Å². The second kappa shape index (κ2) is 4.62. The van der Waals surface area contributed by atoms with E-state index in [0.717, 1.165) is 25.1 Å². The van der Waals surface area contributed by atoms with Crippen LogP contribution in [0.4, 0.5) is 5.69 Å². The molecule has 2 unspecified atom stereocenters. The largest absolute Gasteiger partial charge is 0.381 e. The maximum atomic E-state index is 5.52. The third kappa shape index (κ3) is 2.69. The van der Waals surface area contributed by atoms with Gasteiger partial charge < -0.3 is 10.1 Å². The van der Waals surface area contributed by atoms with Crippen molar-refractivity contribution in [2.45, 2.75) is 38.8 Å². The summed E-state index contributed by atoms with van der Waals surface area (Å²) in [7, 11) is 0. The molecule has 1 aliphatic rings. The molecule has 2 rings (SSSR count). The van der Waals surface area contributed by atoms with Crippen LogP contribution in [0.5, 0.6) is 0 Å². The number of anilines is 1. The van der Waals surface area contributed by atoms with Crippen LogP contribution >= 0.6 is 0 Å². The van der Waals surface area contributed by atoms with E-state index in [4.69, 9.17) is 4.74 Å². The molecule has 0 radical (unpaired) electrons. The van der Waals surface area contributed by atoms with Crippen molar-refractivity contribution in [3.05, 3.63) is 24.0 Å². The van der Waals surface area contributed by atoms with E-state index in [1.165, 1.54) is 5.56 Å². The number of aryl methyl sites for hydroxylation is 1. The van der Waals surface area contributed by atoms with Gasteiger partial charge in [0.2, 0.25) is 0 Å². The molecule has 2 atom stereocenters. The maximum Gasteiger partial charge on any atom is 0.0566 e. The summed E-state index contributed by atoms with van der Waals surface area (Å²) >= 11 is 0. The molecule has 1 N–H and O–H groups in total. The third-order valence-corrected chi connectivity index (χ3v) is 2.88. The molecule has 2 heterocycles. The Morgan fingerprint density at radius 3 is 3.13 bits per heavy atom. The Morgan fingerprint density at radius 1 is 1.53 bits per heavy atom. The molecule has 1 aromatic rings. The average molecular weight is 206 g/mol. The second-order valence-electron chi connectivity index (χ2n) is 4.24. The van der Waals surface area contributed by atoms with Gasteiger partial charge in [-0.05, 0) is 38.3 Å². The molecule has 0 spiro atoms. The van der Waals surface area contributed by atoms with Crippen molar-refractivity contribution >= 4 is 5.69 Å². The highest BCUT2D eigenvalue weighted by Gasteiger charge is 2.19. The summed E-state index contributed by atoms with van der Waals surface area (Å²) in [6, 6.07) is 2.56. The lowest BCUT2D eigenvalue weighted by Crippen LogP contribution is -2.32. The number of nitrogens with zero attached hydrogens (tertiary/aromatic N) is 1. The predicted molar refractivity (Wildman–Crippen MR) is 61.0 cm³/mol. The number of hydrogen-bond acceptors (Lipinski definition) is 3. The van der Waals surface area contributed by atoms with Gasteiger partial charge in [-0.3, -0.25) is 4.98 Å². The summed E-state index contributed by atoms with van der Waals surface area (Å²) in [5, 5.41) is 3.54.